The molecule has 1 fully saturated rings. The van der Waals surface area contributed by atoms with E-state index in [4.69, 9.17) is 14.0 Å². The van der Waals surface area contributed by atoms with E-state index in [1.54, 1.807) is 13.4 Å². The third-order valence-corrected chi connectivity index (χ3v) is 5.45. The third-order valence-electron chi connectivity index (χ3n) is 5.45. The van der Waals surface area contributed by atoms with E-state index < -0.39 is 6.10 Å². The fourth-order valence-electron chi connectivity index (χ4n) is 3.93. The molecule has 1 aromatic carbocycles. The van der Waals surface area contributed by atoms with Gasteiger partial charge in [0.1, 0.15) is 19.0 Å². The minimum absolute atomic E-state index is 0.262. The molecular formula is C23H35N3O4. The SMILES string of the molecule is COc1cc(CN(C)Cc2ccon2)ccc1OC[C@H](O)CN1CCCCCCC1. The Kier molecular flexibility index (Phi) is 8.99. The molecule has 2 heterocycles. The van der Waals surface area contributed by atoms with Crippen LogP contribution < -0.4 is 9.47 Å². The first-order valence-corrected chi connectivity index (χ1v) is 10.9. The van der Waals surface area contributed by atoms with Crippen LogP contribution in [0.3, 0.4) is 0 Å². The first-order valence-electron chi connectivity index (χ1n) is 10.9. The van der Waals surface area contributed by atoms with Crippen molar-refractivity contribution in [3.05, 3.63) is 41.8 Å². The van der Waals surface area contributed by atoms with E-state index in [2.05, 4.69) is 15.0 Å². The van der Waals surface area contributed by atoms with Gasteiger partial charge in [0.05, 0.1) is 12.8 Å². The van der Waals surface area contributed by atoms with Gasteiger partial charge < -0.3 is 24.0 Å². The predicted molar refractivity (Wildman–Crippen MR) is 116 cm³/mol. The summed E-state index contributed by atoms with van der Waals surface area (Å²) in [5, 5.41) is 14.4. The van der Waals surface area contributed by atoms with Crippen LogP contribution in [0.25, 0.3) is 0 Å². The summed E-state index contributed by atoms with van der Waals surface area (Å²) in [6, 6.07) is 7.80. The molecule has 1 aromatic heterocycles. The molecule has 3 rings (SSSR count). The summed E-state index contributed by atoms with van der Waals surface area (Å²) >= 11 is 0. The molecule has 0 unspecified atom stereocenters. The predicted octanol–water partition coefficient (Wildman–Crippen LogP) is 3.32. The Morgan fingerprint density at radius 3 is 2.57 bits per heavy atom. The molecular weight excluding hydrogens is 382 g/mol. The van der Waals surface area contributed by atoms with E-state index in [1.807, 2.05) is 31.3 Å². The second-order valence-electron chi connectivity index (χ2n) is 8.18. The maximum absolute atomic E-state index is 10.5. The molecule has 1 atom stereocenters. The minimum Gasteiger partial charge on any atom is -0.493 e. The normalized spacial score (nSPS) is 16.8. The van der Waals surface area contributed by atoms with Gasteiger partial charge in [-0.25, -0.2) is 0 Å². The number of hydrogen-bond donors (Lipinski definition) is 1. The number of likely N-dealkylation sites (tertiary alicyclic amines) is 1. The molecule has 2 aromatic rings. The molecule has 0 aliphatic carbocycles. The maximum atomic E-state index is 10.5. The highest BCUT2D eigenvalue weighted by Crippen LogP contribution is 2.29. The second-order valence-corrected chi connectivity index (χ2v) is 8.18. The smallest absolute Gasteiger partial charge is 0.161 e. The Bertz CT molecular complexity index is 730. The Morgan fingerprint density at radius 1 is 1.10 bits per heavy atom. The standard InChI is InChI=1S/C23H35N3O4/c1-25(16-20-10-13-30-24-20)15-19-8-9-22(23(14-19)28-2)29-18-21(27)17-26-11-6-4-3-5-7-12-26/h8-10,13-14,21,27H,3-7,11-12,15-18H2,1-2H3/t21-/m1/s1. The number of ether oxygens (including phenoxy) is 2. The molecule has 0 radical (unpaired) electrons. The van der Waals surface area contributed by atoms with Gasteiger partial charge in [-0.1, -0.05) is 30.5 Å². The monoisotopic (exact) mass is 417 g/mol. The molecule has 1 N–H and O–H groups in total. The van der Waals surface area contributed by atoms with E-state index in [9.17, 15) is 5.11 Å². The summed E-state index contributed by atoms with van der Waals surface area (Å²) < 4.78 is 16.3. The van der Waals surface area contributed by atoms with Gasteiger partial charge >= 0.3 is 0 Å². The zero-order valence-corrected chi connectivity index (χ0v) is 18.3. The van der Waals surface area contributed by atoms with Crippen LogP contribution >= 0.6 is 0 Å². The summed E-state index contributed by atoms with van der Waals surface area (Å²) in [5.74, 6) is 1.34. The average molecular weight is 418 g/mol. The summed E-state index contributed by atoms with van der Waals surface area (Å²) in [4.78, 5) is 4.51. The van der Waals surface area contributed by atoms with Gasteiger partial charge in [-0.3, -0.25) is 4.90 Å². The lowest BCUT2D eigenvalue weighted by Crippen LogP contribution is -2.37. The quantitative estimate of drug-likeness (QED) is 0.636. The van der Waals surface area contributed by atoms with Crippen molar-refractivity contribution in [1.82, 2.24) is 15.0 Å². The highest BCUT2D eigenvalue weighted by atomic mass is 16.5. The van der Waals surface area contributed by atoms with Crippen molar-refractivity contribution in [1.29, 1.82) is 0 Å². The number of aliphatic hydroxyl groups is 1. The zero-order chi connectivity index (χ0) is 21.2. The van der Waals surface area contributed by atoms with Crippen molar-refractivity contribution >= 4 is 0 Å². The summed E-state index contributed by atoms with van der Waals surface area (Å²) in [5.41, 5.74) is 2.02. The molecule has 1 aliphatic rings. The summed E-state index contributed by atoms with van der Waals surface area (Å²) in [6.45, 7) is 4.51. The molecule has 0 spiro atoms. The Labute approximate surface area is 179 Å². The highest BCUT2D eigenvalue weighted by molar-refractivity contribution is 5.43. The van der Waals surface area contributed by atoms with Crippen molar-refractivity contribution in [2.45, 2.75) is 51.3 Å². The lowest BCUT2D eigenvalue weighted by Gasteiger charge is -2.26. The topological polar surface area (TPSA) is 71.2 Å². The molecule has 166 valence electrons. The van der Waals surface area contributed by atoms with Gasteiger partial charge in [-0.15, -0.1) is 0 Å². The van der Waals surface area contributed by atoms with Crippen molar-refractivity contribution in [3.8, 4) is 11.5 Å². The number of benzene rings is 1. The number of nitrogens with zero attached hydrogens (tertiary/aromatic N) is 3. The van der Waals surface area contributed by atoms with Crippen molar-refractivity contribution < 1.29 is 19.1 Å². The van der Waals surface area contributed by atoms with Crippen LogP contribution in [-0.4, -0.2) is 66.6 Å². The van der Waals surface area contributed by atoms with Crippen LogP contribution in [0.4, 0.5) is 0 Å². The first-order chi connectivity index (χ1) is 14.6. The van der Waals surface area contributed by atoms with Crippen molar-refractivity contribution in [2.24, 2.45) is 0 Å². The van der Waals surface area contributed by atoms with E-state index in [0.717, 1.165) is 30.9 Å². The van der Waals surface area contributed by atoms with E-state index in [1.165, 1.54) is 32.1 Å². The minimum atomic E-state index is -0.512. The Balaban J connectivity index is 1.49. The summed E-state index contributed by atoms with van der Waals surface area (Å²) in [6.07, 6.45) is 7.43. The molecule has 7 nitrogen and oxygen atoms in total. The highest BCUT2D eigenvalue weighted by Gasteiger charge is 2.15. The number of hydrogen-bond acceptors (Lipinski definition) is 7. The average Bonchev–Trinajstić information content (AvgIpc) is 3.21. The van der Waals surface area contributed by atoms with Crippen LogP contribution in [0.5, 0.6) is 11.5 Å². The lowest BCUT2D eigenvalue weighted by atomic mass is 10.1. The number of aliphatic hydroxyl groups excluding tert-OH is 1. The van der Waals surface area contributed by atoms with Gasteiger partial charge in [0, 0.05) is 25.7 Å². The molecule has 0 bridgehead atoms. The first kappa shape index (κ1) is 22.6. The van der Waals surface area contributed by atoms with Crippen LogP contribution in [-0.2, 0) is 13.1 Å². The molecule has 1 aliphatic heterocycles. The summed E-state index contributed by atoms with van der Waals surface area (Å²) in [7, 11) is 3.68. The molecule has 0 amide bonds. The fourth-order valence-corrected chi connectivity index (χ4v) is 3.93. The molecule has 1 saturated heterocycles. The van der Waals surface area contributed by atoms with Crippen LogP contribution in [0.2, 0.25) is 0 Å². The Hall–Kier alpha value is -2.09. The molecule has 30 heavy (non-hydrogen) atoms. The zero-order valence-electron chi connectivity index (χ0n) is 18.3. The van der Waals surface area contributed by atoms with Crippen molar-refractivity contribution in [3.63, 3.8) is 0 Å². The largest absolute Gasteiger partial charge is 0.493 e. The van der Waals surface area contributed by atoms with E-state index in [-0.39, 0.29) is 6.61 Å². The van der Waals surface area contributed by atoms with Crippen LogP contribution in [0.1, 0.15) is 43.4 Å². The van der Waals surface area contributed by atoms with Crippen molar-refractivity contribution in [2.75, 3.05) is 40.4 Å². The molecule has 0 saturated carbocycles. The van der Waals surface area contributed by atoms with E-state index >= 15 is 0 Å². The van der Waals surface area contributed by atoms with Gasteiger partial charge in [-0.2, -0.15) is 0 Å². The van der Waals surface area contributed by atoms with Gasteiger partial charge in [-0.05, 0) is 50.7 Å². The molecule has 7 heteroatoms. The van der Waals surface area contributed by atoms with Crippen LogP contribution in [0.15, 0.2) is 35.1 Å². The number of methoxy groups -OCH3 is 1. The van der Waals surface area contributed by atoms with Gasteiger partial charge in [0.2, 0.25) is 0 Å². The number of β-amino-alcohol motifs (C(OH)–C–C–N with tert-alkyl or cyclic N) is 1. The lowest BCUT2D eigenvalue weighted by molar-refractivity contribution is 0.0645. The fraction of sp³-hybridized carbons (Fsp3) is 0.609. The number of aromatic nitrogens is 1. The Morgan fingerprint density at radius 2 is 1.87 bits per heavy atom. The van der Waals surface area contributed by atoms with E-state index in [0.29, 0.717) is 24.6 Å². The van der Waals surface area contributed by atoms with Gasteiger partial charge in [0.25, 0.3) is 0 Å². The second kappa shape index (κ2) is 11.9. The third kappa shape index (κ3) is 7.31. The van der Waals surface area contributed by atoms with Gasteiger partial charge in [0.15, 0.2) is 11.5 Å². The van der Waals surface area contributed by atoms with Crippen LogP contribution in [0, 0.1) is 0 Å². The number of rotatable bonds is 10. The maximum Gasteiger partial charge on any atom is 0.161 e.